The van der Waals surface area contributed by atoms with Gasteiger partial charge in [-0.25, -0.2) is 0 Å². The highest BCUT2D eigenvalue weighted by atomic mass is 32.2. The van der Waals surface area contributed by atoms with Crippen LogP contribution in [0.3, 0.4) is 0 Å². The molecule has 0 aromatic carbocycles. The fourth-order valence-corrected chi connectivity index (χ4v) is 3.32. The highest BCUT2D eigenvalue weighted by Crippen LogP contribution is 2.19. The summed E-state index contributed by atoms with van der Waals surface area (Å²) in [5, 5.41) is 0. The van der Waals surface area contributed by atoms with Crippen LogP contribution in [0.25, 0.3) is 0 Å². The molecule has 1 N–H and O–H groups in total. The normalized spacial score (nSPS) is 19.1. The fraction of sp³-hybridized carbons (Fsp3) is 1.00. The topological polar surface area (TPSA) is 72.8 Å². The van der Waals surface area contributed by atoms with Gasteiger partial charge in [-0.05, 0) is 19.3 Å². The van der Waals surface area contributed by atoms with E-state index in [0.29, 0.717) is 26.2 Å². The van der Waals surface area contributed by atoms with Crippen molar-refractivity contribution < 1.29 is 26.9 Å². The molecule has 0 aromatic rings. The third-order valence-electron chi connectivity index (χ3n) is 3.94. The van der Waals surface area contributed by atoms with Crippen molar-refractivity contribution in [2.45, 2.75) is 25.7 Å². The van der Waals surface area contributed by atoms with Crippen LogP contribution in [0.5, 0.6) is 0 Å². The third kappa shape index (κ3) is 7.54. The predicted octanol–water partition coefficient (Wildman–Crippen LogP) is 0.928. The molecule has 1 saturated heterocycles. The molecule has 0 atom stereocenters. The van der Waals surface area contributed by atoms with Crippen LogP contribution in [0.15, 0.2) is 0 Å². The summed E-state index contributed by atoms with van der Waals surface area (Å²) in [6.45, 7) is 5.75. The lowest BCUT2D eigenvalue weighted by molar-refractivity contribution is -0.932. The highest BCUT2D eigenvalue weighted by molar-refractivity contribution is 7.85. The minimum absolute atomic E-state index is 0.141. The molecular formula is C13H28NO5S+. The van der Waals surface area contributed by atoms with E-state index >= 15 is 0 Å². The van der Waals surface area contributed by atoms with Crippen LogP contribution >= 0.6 is 0 Å². The van der Waals surface area contributed by atoms with Crippen LogP contribution in [0, 0.1) is 0 Å². The SMILES string of the molecule is COCCOCC[N+]1(CCCS(=O)(=O)O)CCCCC1. The first kappa shape index (κ1) is 17.8. The molecule has 1 aliphatic rings. The Kier molecular flexibility index (Phi) is 7.98. The van der Waals surface area contributed by atoms with Crippen LogP contribution < -0.4 is 0 Å². The van der Waals surface area contributed by atoms with Gasteiger partial charge in [0.05, 0.1) is 45.2 Å². The van der Waals surface area contributed by atoms with Gasteiger partial charge >= 0.3 is 0 Å². The Hall–Kier alpha value is -0.210. The number of rotatable bonds is 10. The van der Waals surface area contributed by atoms with E-state index in [1.807, 2.05) is 0 Å². The second-order valence-electron chi connectivity index (χ2n) is 5.54. The summed E-state index contributed by atoms with van der Waals surface area (Å²) in [6.07, 6.45) is 4.13. The molecule has 0 bridgehead atoms. The molecule has 0 aromatic heterocycles. The number of quaternary nitrogens is 1. The van der Waals surface area contributed by atoms with Gasteiger partial charge in [-0.15, -0.1) is 0 Å². The monoisotopic (exact) mass is 310 g/mol. The van der Waals surface area contributed by atoms with Crippen molar-refractivity contribution in [2.24, 2.45) is 0 Å². The van der Waals surface area contributed by atoms with E-state index in [1.54, 1.807) is 7.11 Å². The molecule has 1 fully saturated rings. The number of likely N-dealkylation sites (tertiary alicyclic amines) is 1. The average Bonchev–Trinajstić information content (AvgIpc) is 2.38. The molecule has 1 aliphatic heterocycles. The van der Waals surface area contributed by atoms with Gasteiger partial charge in [0.1, 0.15) is 6.54 Å². The largest absolute Gasteiger partial charge is 0.382 e. The van der Waals surface area contributed by atoms with Crippen molar-refractivity contribution in [1.29, 1.82) is 0 Å². The Morgan fingerprint density at radius 2 is 1.75 bits per heavy atom. The summed E-state index contributed by atoms with van der Waals surface area (Å²) in [6, 6.07) is 0. The van der Waals surface area contributed by atoms with Crippen LogP contribution in [-0.2, 0) is 19.6 Å². The maximum atomic E-state index is 10.8. The van der Waals surface area contributed by atoms with Crippen molar-refractivity contribution in [1.82, 2.24) is 0 Å². The van der Waals surface area contributed by atoms with Crippen LogP contribution in [0.4, 0.5) is 0 Å². The lowest BCUT2D eigenvalue weighted by Gasteiger charge is -2.41. The first-order valence-electron chi connectivity index (χ1n) is 7.34. The Labute approximate surface area is 122 Å². The van der Waals surface area contributed by atoms with E-state index in [-0.39, 0.29) is 5.75 Å². The molecule has 0 unspecified atom stereocenters. The fourth-order valence-electron chi connectivity index (χ4n) is 2.83. The molecule has 0 radical (unpaired) electrons. The van der Waals surface area contributed by atoms with Crippen molar-refractivity contribution in [3.63, 3.8) is 0 Å². The summed E-state index contributed by atoms with van der Waals surface area (Å²) in [4.78, 5) is 0. The van der Waals surface area contributed by atoms with E-state index < -0.39 is 10.1 Å². The molecule has 20 heavy (non-hydrogen) atoms. The summed E-state index contributed by atoms with van der Waals surface area (Å²) in [7, 11) is -2.19. The second-order valence-corrected chi connectivity index (χ2v) is 7.11. The van der Waals surface area contributed by atoms with Gasteiger partial charge in [-0.2, -0.15) is 8.42 Å². The molecule has 1 heterocycles. The Bertz CT molecular complexity index is 352. The Morgan fingerprint density at radius 1 is 1.05 bits per heavy atom. The second kappa shape index (κ2) is 8.94. The standard InChI is InChI=1S/C13H27NO5S/c1-18-11-12-19-10-9-14(6-3-2-4-7-14)8-5-13-20(15,16)17/h2-13H2,1H3/p+1. The van der Waals surface area contributed by atoms with E-state index in [1.165, 1.54) is 19.3 Å². The predicted molar refractivity (Wildman–Crippen MR) is 77.3 cm³/mol. The molecule has 0 spiro atoms. The van der Waals surface area contributed by atoms with Crippen molar-refractivity contribution in [3.8, 4) is 0 Å². The van der Waals surface area contributed by atoms with E-state index in [4.69, 9.17) is 14.0 Å². The Balaban J connectivity index is 2.36. The first-order valence-corrected chi connectivity index (χ1v) is 8.95. The number of methoxy groups -OCH3 is 1. The molecule has 1 rings (SSSR count). The van der Waals surface area contributed by atoms with Crippen molar-refractivity contribution in [3.05, 3.63) is 0 Å². The van der Waals surface area contributed by atoms with Gasteiger partial charge in [0.15, 0.2) is 0 Å². The van der Waals surface area contributed by atoms with Crippen molar-refractivity contribution in [2.75, 3.05) is 58.9 Å². The van der Waals surface area contributed by atoms with E-state index in [0.717, 1.165) is 30.7 Å². The molecule has 6 nitrogen and oxygen atoms in total. The molecule has 7 heteroatoms. The first-order chi connectivity index (χ1) is 9.47. The number of hydrogen-bond acceptors (Lipinski definition) is 4. The quantitative estimate of drug-likeness (QED) is 0.369. The van der Waals surface area contributed by atoms with E-state index in [9.17, 15) is 8.42 Å². The lowest BCUT2D eigenvalue weighted by Crippen LogP contribution is -2.54. The van der Waals surface area contributed by atoms with Gasteiger partial charge in [0, 0.05) is 13.5 Å². The number of piperidine rings is 1. The zero-order chi connectivity index (χ0) is 14.9. The number of ether oxygens (including phenoxy) is 2. The minimum Gasteiger partial charge on any atom is -0.382 e. The molecular weight excluding hydrogens is 282 g/mol. The molecule has 0 amide bonds. The zero-order valence-electron chi connectivity index (χ0n) is 12.4. The molecule has 0 aliphatic carbocycles. The average molecular weight is 310 g/mol. The van der Waals surface area contributed by atoms with Crippen LogP contribution in [0.2, 0.25) is 0 Å². The van der Waals surface area contributed by atoms with Gasteiger partial charge < -0.3 is 14.0 Å². The number of nitrogens with zero attached hydrogens (tertiary/aromatic N) is 1. The van der Waals surface area contributed by atoms with Crippen molar-refractivity contribution >= 4 is 10.1 Å². The number of hydrogen-bond donors (Lipinski definition) is 1. The highest BCUT2D eigenvalue weighted by Gasteiger charge is 2.29. The molecule has 0 saturated carbocycles. The summed E-state index contributed by atoms with van der Waals surface area (Å²) in [5.41, 5.74) is 0. The maximum Gasteiger partial charge on any atom is 0.265 e. The van der Waals surface area contributed by atoms with Gasteiger partial charge in [-0.1, -0.05) is 0 Å². The lowest BCUT2D eigenvalue weighted by atomic mass is 10.1. The Morgan fingerprint density at radius 3 is 2.35 bits per heavy atom. The van der Waals surface area contributed by atoms with Gasteiger partial charge in [-0.3, -0.25) is 4.55 Å². The smallest absolute Gasteiger partial charge is 0.265 e. The minimum atomic E-state index is -3.84. The summed E-state index contributed by atoms with van der Waals surface area (Å²) in [5.74, 6) is -0.141. The summed E-state index contributed by atoms with van der Waals surface area (Å²) >= 11 is 0. The van der Waals surface area contributed by atoms with Crippen LogP contribution in [0.1, 0.15) is 25.7 Å². The summed E-state index contributed by atoms with van der Waals surface area (Å²) < 4.78 is 41.9. The zero-order valence-corrected chi connectivity index (χ0v) is 13.2. The maximum absolute atomic E-state index is 10.8. The van der Waals surface area contributed by atoms with Gasteiger partial charge in [0.2, 0.25) is 0 Å². The third-order valence-corrected chi connectivity index (χ3v) is 4.75. The van der Waals surface area contributed by atoms with E-state index in [2.05, 4.69) is 0 Å². The molecule has 120 valence electrons. The van der Waals surface area contributed by atoms with Gasteiger partial charge in [0.25, 0.3) is 10.1 Å². The van der Waals surface area contributed by atoms with Crippen LogP contribution in [-0.4, -0.2) is 76.3 Å².